The van der Waals surface area contributed by atoms with E-state index in [-0.39, 0.29) is 28.9 Å². The second kappa shape index (κ2) is 7.49. The zero-order chi connectivity index (χ0) is 22.6. The van der Waals surface area contributed by atoms with E-state index < -0.39 is 29.0 Å². The Morgan fingerprint density at radius 2 is 1.81 bits per heavy atom. The van der Waals surface area contributed by atoms with Gasteiger partial charge in [-0.15, -0.1) is 0 Å². The molecule has 170 valence electrons. The van der Waals surface area contributed by atoms with Crippen molar-refractivity contribution in [1.82, 2.24) is 0 Å². The molecule has 0 amide bonds. The molecule has 2 aromatic carbocycles. The van der Waals surface area contributed by atoms with E-state index in [1.54, 1.807) is 0 Å². The van der Waals surface area contributed by atoms with Crippen LogP contribution in [-0.4, -0.2) is 30.9 Å². The van der Waals surface area contributed by atoms with Crippen molar-refractivity contribution in [1.29, 1.82) is 0 Å². The number of halogens is 3. The van der Waals surface area contributed by atoms with Gasteiger partial charge in [0.15, 0.2) is 11.6 Å². The molecule has 1 N–H and O–H groups in total. The quantitative estimate of drug-likeness (QED) is 0.565. The van der Waals surface area contributed by atoms with E-state index in [2.05, 4.69) is 0 Å². The number of hydrogen-bond donors (Lipinski definition) is 1. The summed E-state index contributed by atoms with van der Waals surface area (Å²) in [6.45, 7) is 0.434. The van der Waals surface area contributed by atoms with Crippen LogP contribution >= 0.6 is 0 Å². The van der Waals surface area contributed by atoms with E-state index in [1.807, 2.05) is 0 Å². The third-order valence-corrected chi connectivity index (χ3v) is 7.77. The van der Waals surface area contributed by atoms with Gasteiger partial charge in [-0.25, -0.2) is 13.6 Å². The van der Waals surface area contributed by atoms with Crippen molar-refractivity contribution in [2.24, 2.45) is 10.8 Å². The molecule has 1 spiro atoms. The van der Waals surface area contributed by atoms with E-state index >= 15 is 0 Å². The van der Waals surface area contributed by atoms with Crippen molar-refractivity contribution in [3.05, 3.63) is 59.4 Å². The van der Waals surface area contributed by atoms with Gasteiger partial charge in [0, 0.05) is 17.4 Å². The largest absolute Gasteiger partial charge is 0.480 e. The molecule has 2 aliphatic carbocycles. The number of aliphatic carboxylic acids is 1. The smallest absolute Gasteiger partial charge is 0.329 e. The Bertz CT molecular complexity index is 1050. The third kappa shape index (κ3) is 2.96. The molecule has 3 aliphatic rings. The molecule has 0 aromatic heterocycles. The van der Waals surface area contributed by atoms with Crippen LogP contribution in [0.4, 0.5) is 13.2 Å². The molecule has 1 heterocycles. The number of benzene rings is 2. The monoisotopic (exact) mass is 448 g/mol. The van der Waals surface area contributed by atoms with E-state index in [9.17, 15) is 18.0 Å². The molecule has 3 atom stereocenters. The minimum Gasteiger partial charge on any atom is -0.480 e. The summed E-state index contributed by atoms with van der Waals surface area (Å²) < 4.78 is 59.4. The van der Waals surface area contributed by atoms with Crippen LogP contribution in [0, 0.1) is 28.3 Å². The SMILES string of the molecule is O=C(O)COCCC12CCC13CCC3(c1cc(F)c(F)c(Oc3ccc(F)cc3)c1)OC2. The molecular weight excluding hydrogens is 425 g/mol. The first kappa shape index (κ1) is 21.3. The van der Waals surface area contributed by atoms with Crippen LogP contribution in [0.25, 0.3) is 0 Å². The molecule has 8 heteroatoms. The molecule has 0 bridgehead atoms. The summed E-state index contributed by atoms with van der Waals surface area (Å²) in [6.07, 6.45) is 4.07. The first-order valence-corrected chi connectivity index (χ1v) is 10.7. The summed E-state index contributed by atoms with van der Waals surface area (Å²) in [7, 11) is 0. The topological polar surface area (TPSA) is 65.0 Å². The molecule has 5 rings (SSSR count). The van der Waals surface area contributed by atoms with E-state index in [0.29, 0.717) is 31.6 Å². The number of carbonyl (C=O) groups is 1. The summed E-state index contributed by atoms with van der Waals surface area (Å²) in [5, 5.41) is 8.78. The lowest BCUT2D eigenvalue weighted by Gasteiger charge is -2.67. The number of rotatable bonds is 8. The molecule has 5 nitrogen and oxygen atoms in total. The Morgan fingerprint density at radius 3 is 2.44 bits per heavy atom. The molecule has 3 unspecified atom stereocenters. The average molecular weight is 448 g/mol. The lowest BCUT2D eigenvalue weighted by atomic mass is 9.36. The lowest BCUT2D eigenvalue weighted by Crippen LogP contribution is -2.64. The summed E-state index contributed by atoms with van der Waals surface area (Å²) in [6, 6.07) is 7.73. The lowest BCUT2D eigenvalue weighted by molar-refractivity contribution is -0.212. The molecule has 2 aromatic rings. The van der Waals surface area contributed by atoms with Gasteiger partial charge in [-0.2, -0.15) is 4.39 Å². The molecule has 0 radical (unpaired) electrons. The van der Waals surface area contributed by atoms with Crippen LogP contribution in [0.2, 0.25) is 0 Å². The van der Waals surface area contributed by atoms with Crippen molar-refractivity contribution in [2.45, 2.75) is 37.7 Å². The van der Waals surface area contributed by atoms with Gasteiger partial charge in [0.1, 0.15) is 18.2 Å². The van der Waals surface area contributed by atoms with E-state index in [1.165, 1.54) is 36.4 Å². The minimum absolute atomic E-state index is 0.160. The number of carboxylic acids is 1. The maximum absolute atomic E-state index is 14.6. The van der Waals surface area contributed by atoms with Gasteiger partial charge < -0.3 is 19.3 Å². The highest BCUT2D eigenvalue weighted by Crippen LogP contribution is 2.80. The fourth-order valence-corrected chi connectivity index (χ4v) is 6.00. The van der Waals surface area contributed by atoms with Crippen LogP contribution in [0.5, 0.6) is 11.5 Å². The van der Waals surface area contributed by atoms with Gasteiger partial charge in [0.2, 0.25) is 5.82 Å². The first-order valence-electron chi connectivity index (χ1n) is 10.7. The fraction of sp³-hybridized carbons (Fsp3) is 0.458. The normalized spacial score (nSPS) is 30.1. The van der Waals surface area contributed by atoms with Gasteiger partial charge >= 0.3 is 5.97 Å². The first-order chi connectivity index (χ1) is 15.3. The number of hydrogen-bond acceptors (Lipinski definition) is 4. The van der Waals surface area contributed by atoms with Gasteiger partial charge in [-0.3, -0.25) is 0 Å². The van der Waals surface area contributed by atoms with Crippen molar-refractivity contribution in [3.8, 4) is 11.5 Å². The summed E-state index contributed by atoms with van der Waals surface area (Å²) in [5.41, 5.74) is -0.558. The second-order valence-electron chi connectivity index (χ2n) is 9.00. The Hall–Kier alpha value is -2.58. The highest BCUT2D eigenvalue weighted by atomic mass is 19.2. The molecule has 2 saturated carbocycles. The van der Waals surface area contributed by atoms with Gasteiger partial charge in [-0.05, 0) is 74.1 Å². The highest BCUT2D eigenvalue weighted by Gasteiger charge is 2.78. The van der Waals surface area contributed by atoms with Crippen LogP contribution < -0.4 is 4.74 Å². The maximum atomic E-state index is 14.6. The summed E-state index contributed by atoms with van der Waals surface area (Å²) >= 11 is 0. The predicted octanol–water partition coefficient (Wildman–Crippen LogP) is 5.17. The third-order valence-electron chi connectivity index (χ3n) is 7.77. The average Bonchev–Trinajstić information content (AvgIpc) is 2.85. The Kier molecular flexibility index (Phi) is 4.98. The van der Waals surface area contributed by atoms with Crippen molar-refractivity contribution < 1.29 is 37.3 Å². The Morgan fingerprint density at radius 1 is 1.06 bits per heavy atom. The summed E-state index contributed by atoms with van der Waals surface area (Å²) in [5.74, 6) is -3.68. The van der Waals surface area contributed by atoms with Crippen LogP contribution in [0.1, 0.15) is 37.7 Å². The van der Waals surface area contributed by atoms with Crippen LogP contribution in [-0.2, 0) is 19.9 Å². The second-order valence-corrected chi connectivity index (χ2v) is 9.00. The number of carboxylic acid groups (broad SMARTS) is 1. The number of ether oxygens (including phenoxy) is 3. The fourth-order valence-electron chi connectivity index (χ4n) is 6.00. The minimum atomic E-state index is -1.11. The zero-order valence-corrected chi connectivity index (χ0v) is 17.3. The molecule has 1 saturated heterocycles. The van der Waals surface area contributed by atoms with E-state index in [0.717, 1.165) is 19.3 Å². The standard InChI is InChI=1S/C24H23F3O5/c25-16-1-3-17(4-2-16)32-19-12-15(11-18(26)21(19)27)24-8-7-23(24)6-5-22(23,14-31-24)9-10-30-13-20(28)29/h1-4,11-12H,5-10,13-14H2,(H,28,29). The molecule has 32 heavy (non-hydrogen) atoms. The van der Waals surface area contributed by atoms with Crippen molar-refractivity contribution in [3.63, 3.8) is 0 Å². The highest BCUT2D eigenvalue weighted by molar-refractivity contribution is 5.67. The van der Waals surface area contributed by atoms with Crippen LogP contribution in [0.15, 0.2) is 36.4 Å². The molecule has 1 aliphatic heterocycles. The van der Waals surface area contributed by atoms with Crippen LogP contribution in [0.3, 0.4) is 0 Å². The van der Waals surface area contributed by atoms with Gasteiger partial charge in [0.05, 0.1) is 12.2 Å². The Labute approximate surface area is 183 Å². The van der Waals surface area contributed by atoms with E-state index in [4.69, 9.17) is 19.3 Å². The summed E-state index contributed by atoms with van der Waals surface area (Å²) in [4.78, 5) is 10.7. The van der Waals surface area contributed by atoms with Gasteiger partial charge in [0.25, 0.3) is 0 Å². The molecule has 3 fully saturated rings. The predicted molar refractivity (Wildman–Crippen MR) is 107 cm³/mol. The zero-order valence-electron chi connectivity index (χ0n) is 17.3. The van der Waals surface area contributed by atoms with Gasteiger partial charge in [-0.1, -0.05) is 0 Å². The maximum Gasteiger partial charge on any atom is 0.329 e. The van der Waals surface area contributed by atoms with Crippen molar-refractivity contribution >= 4 is 5.97 Å². The Balaban J connectivity index is 1.42. The van der Waals surface area contributed by atoms with Crippen molar-refractivity contribution in [2.75, 3.05) is 19.8 Å². The molecular formula is C24H23F3O5.